The summed E-state index contributed by atoms with van der Waals surface area (Å²) in [5.74, 6) is -0.0656. The molecule has 0 saturated carbocycles. The molecule has 0 aromatic heterocycles. The molecule has 1 aliphatic heterocycles. The molecule has 234 valence electrons. The van der Waals surface area contributed by atoms with E-state index < -0.39 is 29.4 Å². The van der Waals surface area contributed by atoms with Crippen molar-refractivity contribution in [3.63, 3.8) is 0 Å². The van der Waals surface area contributed by atoms with E-state index in [9.17, 15) is 36.6 Å². The fourth-order valence-electron chi connectivity index (χ4n) is 5.94. The van der Waals surface area contributed by atoms with Gasteiger partial charge in [0, 0.05) is 18.5 Å². The van der Waals surface area contributed by atoms with Crippen LogP contribution in [0.5, 0.6) is 0 Å². The van der Waals surface area contributed by atoms with Gasteiger partial charge in [0.1, 0.15) is 0 Å². The third-order valence-electron chi connectivity index (χ3n) is 8.44. The van der Waals surface area contributed by atoms with Crippen LogP contribution in [-0.4, -0.2) is 41.4 Å². The Morgan fingerprint density at radius 2 is 1.33 bits per heavy atom. The minimum atomic E-state index is -4.45. The maximum absolute atomic E-state index is 13.2. The van der Waals surface area contributed by atoms with Crippen molar-refractivity contribution in [1.82, 2.24) is 4.90 Å². The average molecular weight is 608 g/mol. The Morgan fingerprint density at radius 1 is 0.744 bits per heavy atom. The van der Waals surface area contributed by atoms with Crippen LogP contribution >= 0.6 is 0 Å². The number of aliphatic hydroxyl groups excluding tert-OH is 2. The van der Waals surface area contributed by atoms with E-state index in [2.05, 4.69) is 18.7 Å². The highest BCUT2D eigenvalue weighted by molar-refractivity contribution is 5.66. The first-order chi connectivity index (χ1) is 20.3. The second-order valence-electron chi connectivity index (χ2n) is 12.0. The molecule has 0 radical (unpaired) electrons. The minimum Gasteiger partial charge on any atom is -0.396 e. The second kappa shape index (κ2) is 13.8. The molecule has 3 nitrogen and oxygen atoms in total. The van der Waals surface area contributed by atoms with Gasteiger partial charge in [-0.25, -0.2) is 0 Å². The third-order valence-corrected chi connectivity index (χ3v) is 8.44. The van der Waals surface area contributed by atoms with E-state index in [0.29, 0.717) is 29.2 Å². The molecule has 2 N–H and O–H groups in total. The number of alkyl halides is 6. The predicted octanol–water partition coefficient (Wildman–Crippen LogP) is 8.82. The van der Waals surface area contributed by atoms with E-state index in [0.717, 1.165) is 67.6 Å². The lowest BCUT2D eigenvalue weighted by atomic mass is 9.84. The molecule has 1 fully saturated rings. The molecule has 0 spiro atoms. The van der Waals surface area contributed by atoms with Gasteiger partial charge >= 0.3 is 12.4 Å². The Labute approximate surface area is 249 Å². The van der Waals surface area contributed by atoms with E-state index in [-0.39, 0.29) is 25.2 Å². The maximum atomic E-state index is 13.2. The van der Waals surface area contributed by atoms with Gasteiger partial charge in [-0.1, -0.05) is 56.3 Å². The Morgan fingerprint density at radius 3 is 1.86 bits per heavy atom. The zero-order valence-corrected chi connectivity index (χ0v) is 24.4. The molecule has 0 aliphatic carbocycles. The third kappa shape index (κ3) is 8.40. The van der Waals surface area contributed by atoms with Gasteiger partial charge in [-0.3, -0.25) is 4.90 Å². The number of hydrogen-bond donors (Lipinski definition) is 2. The smallest absolute Gasteiger partial charge is 0.396 e. The lowest BCUT2D eigenvalue weighted by Crippen LogP contribution is -2.37. The van der Waals surface area contributed by atoms with Crippen LogP contribution in [0.3, 0.4) is 0 Å². The molecule has 2 unspecified atom stereocenters. The van der Waals surface area contributed by atoms with Crippen molar-refractivity contribution in [2.75, 3.05) is 26.3 Å². The SMILES string of the molecule is CC(C)CCC(c1ccc(C(F)(F)F)cc1)N1CCCC(c2cc(-c3ccc(C(F)(F)F)cc3)cc(C(CO)CO)c2)C1. The predicted molar refractivity (Wildman–Crippen MR) is 156 cm³/mol. The summed E-state index contributed by atoms with van der Waals surface area (Å²) in [6.07, 6.45) is -5.42. The number of hydrogen-bond acceptors (Lipinski definition) is 3. The fourth-order valence-corrected chi connectivity index (χ4v) is 5.94. The first-order valence-corrected chi connectivity index (χ1v) is 14.8. The van der Waals surface area contributed by atoms with Crippen molar-refractivity contribution in [2.24, 2.45) is 5.92 Å². The van der Waals surface area contributed by atoms with Crippen molar-refractivity contribution < 1.29 is 36.6 Å². The highest BCUT2D eigenvalue weighted by Crippen LogP contribution is 2.39. The van der Waals surface area contributed by atoms with Crippen molar-refractivity contribution in [3.05, 3.63) is 94.5 Å². The largest absolute Gasteiger partial charge is 0.416 e. The van der Waals surface area contributed by atoms with Gasteiger partial charge in [-0.15, -0.1) is 0 Å². The summed E-state index contributed by atoms with van der Waals surface area (Å²) in [4.78, 5) is 2.33. The molecular formula is C34H39F6NO2. The molecule has 43 heavy (non-hydrogen) atoms. The van der Waals surface area contributed by atoms with Gasteiger partial charge in [-0.2, -0.15) is 26.3 Å². The molecule has 9 heteroatoms. The summed E-state index contributed by atoms with van der Waals surface area (Å²) in [5.41, 5.74) is 2.38. The molecule has 1 saturated heterocycles. The highest BCUT2D eigenvalue weighted by Gasteiger charge is 2.33. The van der Waals surface area contributed by atoms with Crippen LogP contribution < -0.4 is 0 Å². The monoisotopic (exact) mass is 607 g/mol. The lowest BCUT2D eigenvalue weighted by molar-refractivity contribution is -0.138. The minimum absolute atomic E-state index is 0.0518. The summed E-state index contributed by atoms with van der Waals surface area (Å²) < 4.78 is 79.3. The van der Waals surface area contributed by atoms with Gasteiger partial charge in [-0.05, 0) is 96.1 Å². The van der Waals surface area contributed by atoms with Gasteiger partial charge in [0.15, 0.2) is 0 Å². The van der Waals surface area contributed by atoms with Crippen LogP contribution in [0.25, 0.3) is 11.1 Å². The number of benzene rings is 3. The Kier molecular flexibility index (Phi) is 10.6. The zero-order chi connectivity index (χ0) is 31.4. The normalized spacial score (nSPS) is 17.5. The molecule has 1 heterocycles. The number of likely N-dealkylation sites (tertiary alicyclic amines) is 1. The van der Waals surface area contributed by atoms with Gasteiger partial charge in [0.2, 0.25) is 0 Å². The van der Waals surface area contributed by atoms with Crippen molar-refractivity contribution in [3.8, 4) is 11.1 Å². The number of piperidine rings is 1. The summed E-state index contributed by atoms with van der Waals surface area (Å²) in [5, 5.41) is 19.8. The number of aliphatic hydroxyl groups is 2. The van der Waals surface area contributed by atoms with Crippen molar-refractivity contribution >= 4 is 0 Å². The van der Waals surface area contributed by atoms with E-state index in [4.69, 9.17) is 0 Å². The van der Waals surface area contributed by atoms with Crippen LogP contribution in [-0.2, 0) is 12.4 Å². The van der Waals surface area contributed by atoms with Gasteiger partial charge < -0.3 is 10.2 Å². The summed E-state index contributed by atoms with van der Waals surface area (Å²) in [6, 6.07) is 16.0. The van der Waals surface area contributed by atoms with Gasteiger partial charge in [0.25, 0.3) is 0 Å². The van der Waals surface area contributed by atoms with E-state index in [1.807, 2.05) is 12.1 Å². The van der Waals surface area contributed by atoms with Crippen LogP contribution in [0.15, 0.2) is 66.7 Å². The Balaban J connectivity index is 1.67. The van der Waals surface area contributed by atoms with Crippen LogP contribution in [0.4, 0.5) is 26.3 Å². The van der Waals surface area contributed by atoms with E-state index in [1.54, 1.807) is 18.2 Å². The standard InChI is InChI=1S/C34H39F6NO2/c1-22(2)5-14-32(24-8-12-31(13-9-24)34(38,39)40)41-15-3-4-25(19-41)27-16-26(17-28(18-27)29(20-42)21-43)23-6-10-30(11-7-23)33(35,36)37/h6-13,16-18,22,25,29,32,42-43H,3-5,14-15,19-21H2,1-2H3. The quantitative estimate of drug-likeness (QED) is 0.227. The average Bonchev–Trinajstić information content (AvgIpc) is 2.97. The second-order valence-corrected chi connectivity index (χ2v) is 12.0. The Hall–Kier alpha value is -2.88. The van der Waals surface area contributed by atoms with Crippen molar-refractivity contribution in [1.29, 1.82) is 0 Å². The molecular weight excluding hydrogens is 568 g/mol. The summed E-state index contributed by atoms with van der Waals surface area (Å²) >= 11 is 0. The summed E-state index contributed by atoms with van der Waals surface area (Å²) in [6.45, 7) is 5.12. The zero-order valence-electron chi connectivity index (χ0n) is 24.4. The number of halogens is 6. The topological polar surface area (TPSA) is 43.7 Å². The first-order valence-electron chi connectivity index (χ1n) is 14.8. The van der Waals surface area contributed by atoms with Gasteiger partial charge in [0.05, 0.1) is 24.3 Å². The van der Waals surface area contributed by atoms with Crippen LogP contribution in [0.2, 0.25) is 0 Å². The highest BCUT2D eigenvalue weighted by atomic mass is 19.4. The molecule has 0 amide bonds. The molecule has 1 aliphatic rings. The van der Waals surface area contributed by atoms with Crippen LogP contribution in [0, 0.1) is 5.92 Å². The number of rotatable bonds is 10. The lowest BCUT2D eigenvalue weighted by Gasteiger charge is -2.39. The molecule has 3 aromatic rings. The summed E-state index contributed by atoms with van der Waals surface area (Å²) in [7, 11) is 0. The fraction of sp³-hybridized carbons (Fsp3) is 0.471. The Bertz CT molecular complexity index is 1310. The molecule has 2 atom stereocenters. The van der Waals surface area contributed by atoms with E-state index >= 15 is 0 Å². The maximum Gasteiger partial charge on any atom is 0.416 e. The van der Waals surface area contributed by atoms with Crippen molar-refractivity contribution in [2.45, 2.75) is 69.8 Å². The molecule has 0 bridgehead atoms. The molecule has 4 rings (SSSR count). The molecule has 3 aromatic carbocycles. The van der Waals surface area contributed by atoms with Crippen LogP contribution in [0.1, 0.15) is 85.2 Å². The number of nitrogens with zero attached hydrogens (tertiary/aromatic N) is 1. The van der Waals surface area contributed by atoms with E-state index in [1.165, 1.54) is 12.1 Å². The first kappa shape index (κ1) is 33.0.